The van der Waals surface area contributed by atoms with Crippen LogP contribution in [0.3, 0.4) is 0 Å². The third kappa shape index (κ3) is 4.34. The summed E-state index contributed by atoms with van der Waals surface area (Å²) in [4.78, 5) is 2.44. The predicted octanol–water partition coefficient (Wildman–Crippen LogP) is 3.60. The highest BCUT2D eigenvalue weighted by molar-refractivity contribution is 5.52. The number of nitrogens with one attached hydrogen (secondary N) is 1. The molecular weight excluding hydrogens is 220 g/mol. The topological polar surface area (TPSA) is 15.3 Å². The number of hydrogen-bond acceptors (Lipinski definition) is 2. The van der Waals surface area contributed by atoms with Gasteiger partial charge in [-0.3, -0.25) is 0 Å². The number of benzene rings is 1. The lowest BCUT2D eigenvalue weighted by Crippen LogP contribution is -2.43. The summed E-state index contributed by atoms with van der Waals surface area (Å²) in [5, 5.41) is 3.62. The minimum absolute atomic E-state index is 0.241. The van der Waals surface area contributed by atoms with Gasteiger partial charge in [0.25, 0.3) is 0 Å². The van der Waals surface area contributed by atoms with Crippen LogP contribution < -0.4 is 10.2 Å². The second kappa shape index (κ2) is 6.79. The van der Waals surface area contributed by atoms with Gasteiger partial charge in [-0.2, -0.15) is 0 Å². The van der Waals surface area contributed by atoms with Gasteiger partial charge in [0.15, 0.2) is 0 Å². The minimum atomic E-state index is 0.241. The zero-order chi connectivity index (χ0) is 13.6. The van der Waals surface area contributed by atoms with Crippen LogP contribution in [0.25, 0.3) is 0 Å². The zero-order valence-corrected chi connectivity index (χ0v) is 12.6. The minimum Gasteiger partial charge on any atom is -0.370 e. The van der Waals surface area contributed by atoms with Gasteiger partial charge in [0, 0.05) is 30.9 Å². The SMILES string of the molecule is CCN(CCNC(C)(C)CC)c1ccccc1C. The first-order valence-electron chi connectivity index (χ1n) is 7.05. The van der Waals surface area contributed by atoms with Crippen molar-refractivity contribution in [1.82, 2.24) is 5.32 Å². The molecule has 0 heterocycles. The maximum atomic E-state index is 3.62. The van der Waals surface area contributed by atoms with E-state index < -0.39 is 0 Å². The molecule has 2 heteroatoms. The number of rotatable bonds is 7. The first-order chi connectivity index (χ1) is 8.50. The van der Waals surface area contributed by atoms with Crippen LogP contribution in [0.1, 0.15) is 39.7 Å². The summed E-state index contributed by atoms with van der Waals surface area (Å²) in [6, 6.07) is 8.62. The second-order valence-corrected chi connectivity index (χ2v) is 5.53. The largest absolute Gasteiger partial charge is 0.370 e. The molecule has 0 spiro atoms. The van der Waals surface area contributed by atoms with Crippen LogP contribution in [-0.2, 0) is 0 Å². The molecule has 2 nitrogen and oxygen atoms in total. The summed E-state index contributed by atoms with van der Waals surface area (Å²) in [6.45, 7) is 14.3. The molecule has 0 aromatic heterocycles. The summed E-state index contributed by atoms with van der Waals surface area (Å²) >= 11 is 0. The summed E-state index contributed by atoms with van der Waals surface area (Å²) in [6.07, 6.45) is 1.16. The molecule has 0 unspecified atom stereocenters. The Morgan fingerprint density at radius 1 is 1.17 bits per heavy atom. The summed E-state index contributed by atoms with van der Waals surface area (Å²) in [7, 11) is 0. The van der Waals surface area contributed by atoms with Gasteiger partial charge in [-0.25, -0.2) is 0 Å². The van der Waals surface area contributed by atoms with Crippen molar-refractivity contribution in [3.63, 3.8) is 0 Å². The van der Waals surface area contributed by atoms with Crippen LogP contribution in [0.5, 0.6) is 0 Å². The molecule has 0 aliphatic rings. The fraction of sp³-hybridized carbons (Fsp3) is 0.625. The molecule has 1 N–H and O–H groups in total. The molecule has 0 aliphatic carbocycles. The molecule has 0 amide bonds. The van der Waals surface area contributed by atoms with Crippen molar-refractivity contribution in [1.29, 1.82) is 0 Å². The smallest absolute Gasteiger partial charge is 0.0396 e. The van der Waals surface area contributed by atoms with E-state index in [1.165, 1.54) is 11.3 Å². The molecule has 1 aromatic carbocycles. The van der Waals surface area contributed by atoms with Gasteiger partial charge in [-0.15, -0.1) is 0 Å². The molecule has 0 aliphatic heterocycles. The van der Waals surface area contributed by atoms with Crippen LogP contribution in [0, 0.1) is 6.92 Å². The monoisotopic (exact) mass is 248 g/mol. The molecule has 0 bridgehead atoms. The fourth-order valence-corrected chi connectivity index (χ4v) is 2.02. The number of para-hydroxylation sites is 1. The highest BCUT2D eigenvalue weighted by atomic mass is 15.1. The second-order valence-electron chi connectivity index (χ2n) is 5.53. The van der Waals surface area contributed by atoms with Crippen molar-refractivity contribution in [2.24, 2.45) is 0 Å². The molecule has 0 saturated carbocycles. The molecule has 0 atom stereocenters. The van der Waals surface area contributed by atoms with E-state index in [2.05, 4.69) is 69.1 Å². The van der Waals surface area contributed by atoms with Crippen LogP contribution >= 0.6 is 0 Å². The van der Waals surface area contributed by atoms with E-state index >= 15 is 0 Å². The van der Waals surface area contributed by atoms with Gasteiger partial charge in [-0.1, -0.05) is 25.1 Å². The van der Waals surface area contributed by atoms with Crippen molar-refractivity contribution >= 4 is 5.69 Å². The van der Waals surface area contributed by atoms with Crippen LogP contribution in [0.15, 0.2) is 24.3 Å². The average Bonchev–Trinajstić information content (AvgIpc) is 2.36. The molecule has 102 valence electrons. The molecule has 0 fully saturated rings. The van der Waals surface area contributed by atoms with E-state index in [4.69, 9.17) is 0 Å². The van der Waals surface area contributed by atoms with Crippen molar-refractivity contribution in [3.05, 3.63) is 29.8 Å². The quantitative estimate of drug-likeness (QED) is 0.793. The van der Waals surface area contributed by atoms with Crippen LogP contribution in [-0.4, -0.2) is 25.2 Å². The van der Waals surface area contributed by atoms with E-state index in [1.54, 1.807) is 0 Å². The first kappa shape index (κ1) is 15.0. The lowest BCUT2D eigenvalue weighted by molar-refractivity contribution is 0.380. The predicted molar refractivity (Wildman–Crippen MR) is 81.4 cm³/mol. The molecule has 18 heavy (non-hydrogen) atoms. The highest BCUT2D eigenvalue weighted by Gasteiger charge is 2.14. The van der Waals surface area contributed by atoms with Gasteiger partial charge < -0.3 is 10.2 Å². The van der Waals surface area contributed by atoms with Gasteiger partial charge in [0.05, 0.1) is 0 Å². The summed E-state index contributed by atoms with van der Waals surface area (Å²) < 4.78 is 0. The number of anilines is 1. The summed E-state index contributed by atoms with van der Waals surface area (Å²) in [5.41, 5.74) is 2.95. The Kier molecular flexibility index (Phi) is 5.67. The Morgan fingerprint density at radius 3 is 2.39 bits per heavy atom. The van der Waals surface area contributed by atoms with Crippen molar-refractivity contribution in [2.75, 3.05) is 24.5 Å². The summed E-state index contributed by atoms with van der Waals surface area (Å²) in [5.74, 6) is 0. The molecular formula is C16H28N2. The lowest BCUT2D eigenvalue weighted by atomic mass is 10.0. The Labute approximate surface area is 112 Å². The van der Waals surface area contributed by atoms with E-state index in [1.807, 2.05) is 0 Å². The normalized spacial score (nSPS) is 11.6. The van der Waals surface area contributed by atoms with Crippen molar-refractivity contribution in [3.8, 4) is 0 Å². The molecule has 1 rings (SSSR count). The van der Waals surface area contributed by atoms with Gasteiger partial charge >= 0.3 is 0 Å². The Bertz CT molecular complexity index is 358. The fourth-order valence-electron chi connectivity index (χ4n) is 2.02. The Morgan fingerprint density at radius 2 is 1.83 bits per heavy atom. The number of aryl methyl sites for hydroxylation is 1. The number of likely N-dealkylation sites (N-methyl/N-ethyl adjacent to an activating group) is 1. The third-order valence-electron chi connectivity index (χ3n) is 3.71. The van der Waals surface area contributed by atoms with Gasteiger partial charge in [0.2, 0.25) is 0 Å². The molecule has 0 radical (unpaired) electrons. The maximum Gasteiger partial charge on any atom is 0.0396 e. The molecule has 1 aromatic rings. The van der Waals surface area contributed by atoms with Crippen LogP contribution in [0.4, 0.5) is 5.69 Å². The zero-order valence-electron chi connectivity index (χ0n) is 12.6. The maximum absolute atomic E-state index is 3.62. The number of nitrogens with zero attached hydrogens (tertiary/aromatic N) is 1. The van der Waals surface area contributed by atoms with Gasteiger partial charge in [0.1, 0.15) is 0 Å². The van der Waals surface area contributed by atoms with E-state index in [0.29, 0.717) is 0 Å². The van der Waals surface area contributed by atoms with E-state index in [9.17, 15) is 0 Å². The standard InChI is InChI=1S/C16H28N2/c1-6-16(4,5)17-12-13-18(7-2)15-11-9-8-10-14(15)3/h8-11,17H,6-7,12-13H2,1-5H3. The highest BCUT2D eigenvalue weighted by Crippen LogP contribution is 2.18. The number of hydrogen-bond donors (Lipinski definition) is 1. The third-order valence-corrected chi connectivity index (χ3v) is 3.71. The van der Waals surface area contributed by atoms with Crippen molar-refractivity contribution in [2.45, 2.75) is 46.6 Å². The average molecular weight is 248 g/mol. The van der Waals surface area contributed by atoms with Crippen molar-refractivity contribution < 1.29 is 0 Å². The Hall–Kier alpha value is -1.02. The molecule has 0 saturated heterocycles. The van der Waals surface area contributed by atoms with E-state index in [-0.39, 0.29) is 5.54 Å². The van der Waals surface area contributed by atoms with E-state index in [0.717, 1.165) is 26.1 Å². The van der Waals surface area contributed by atoms with Crippen LogP contribution in [0.2, 0.25) is 0 Å². The lowest BCUT2D eigenvalue weighted by Gasteiger charge is -2.29. The Balaban J connectivity index is 2.56. The first-order valence-corrected chi connectivity index (χ1v) is 7.05. The van der Waals surface area contributed by atoms with Gasteiger partial charge in [-0.05, 0) is 45.7 Å².